The number of nitrogen functional groups attached to an aromatic ring is 2. The number of carbonyl (C=O) groups excluding carboxylic acids is 1. The molecule has 108 valence electrons. The average Bonchev–Trinajstić information content (AvgIpc) is 2.60. The molecule has 1 saturated heterocycles. The minimum Gasteiger partial charge on any atom is -0.397 e. The minimum absolute atomic E-state index is 0.0852. The molecule has 20 heavy (non-hydrogen) atoms. The van der Waals surface area contributed by atoms with E-state index in [2.05, 4.69) is 0 Å². The van der Waals surface area contributed by atoms with Crippen LogP contribution >= 0.6 is 0 Å². The Labute approximate surface area is 113 Å². The highest BCUT2D eigenvalue weighted by Crippen LogP contribution is 2.48. The summed E-state index contributed by atoms with van der Waals surface area (Å²) < 4.78 is 37.6. The van der Waals surface area contributed by atoms with Gasteiger partial charge in [-0.2, -0.15) is 13.2 Å². The number of hydrogen-bond acceptors (Lipinski definition) is 3. The summed E-state index contributed by atoms with van der Waals surface area (Å²) in [7, 11) is 0. The van der Waals surface area contributed by atoms with E-state index in [4.69, 9.17) is 11.5 Å². The van der Waals surface area contributed by atoms with Crippen molar-refractivity contribution in [2.24, 2.45) is 0 Å². The van der Waals surface area contributed by atoms with E-state index in [1.54, 1.807) is 12.1 Å². The fourth-order valence-electron chi connectivity index (χ4n) is 3.27. The van der Waals surface area contributed by atoms with Crippen LogP contribution in [0.5, 0.6) is 0 Å². The summed E-state index contributed by atoms with van der Waals surface area (Å²) in [6.07, 6.45) is -4.07. The van der Waals surface area contributed by atoms with Crippen LogP contribution in [-0.4, -0.2) is 30.1 Å². The van der Waals surface area contributed by atoms with Gasteiger partial charge in [0, 0.05) is 24.9 Å². The first-order chi connectivity index (χ1) is 9.27. The highest BCUT2D eigenvalue weighted by atomic mass is 19.4. The molecule has 0 unspecified atom stereocenters. The Morgan fingerprint density at radius 2 is 1.55 bits per heavy atom. The van der Waals surface area contributed by atoms with Crippen molar-refractivity contribution in [3.63, 3.8) is 0 Å². The number of rotatable bonds is 0. The number of fused-ring (bicyclic) bond motifs is 5. The Hall–Kier alpha value is -1.92. The van der Waals surface area contributed by atoms with Gasteiger partial charge in [-0.15, -0.1) is 0 Å². The van der Waals surface area contributed by atoms with Crippen molar-refractivity contribution in [1.29, 1.82) is 0 Å². The summed E-state index contributed by atoms with van der Waals surface area (Å²) in [5.41, 5.74) is 14.2. The molecule has 4 N–H and O–H groups in total. The van der Waals surface area contributed by atoms with E-state index in [-0.39, 0.29) is 24.9 Å². The van der Waals surface area contributed by atoms with Crippen LogP contribution in [0.2, 0.25) is 0 Å². The van der Waals surface area contributed by atoms with Crippen molar-refractivity contribution in [1.82, 2.24) is 4.90 Å². The Balaban J connectivity index is 1.92. The molecule has 2 aliphatic rings. The third-order valence-corrected chi connectivity index (χ3v) is 4.15. The number of alkyl halides is 3. The van der Waals surface area contributed by atoms with E-state index in [9.17, 15) is 18.0 Å². The molecule has 0 radical (unpaired) electrons. The van der Waals surface area contributed by atoms with Gasteiger partial charge in [0.25, 0.3) is 0 Å². The molecule has 2 atom stereocenters. The largest absolute Gasteiger partial charge is 0.471 e. The molecule has 3 rings (SSSR count). The number of piperidine rings is 1. The zero-order valence-corrected chi connectivity index (χ0v) is 10.6. The minimum atomic E-state index is -4.82. The number of nitrogens with zero attached hydrogens (tertiary/aromatic N) is 1. The van der Waals surface area contributed by atoms with Crippen molar-refractivity contribution in [2.45, 2.75) is 24.4 Å². The van der Waals surface area contributed by atoms with Gasteiger partial charge in [0.15, 0.2) is 0 Å². The van der Waals surface area contributed by atoms with Gasteiger partial charge in [0.05, 0.1) is 11.4 Å². The Morgan fingerprint density at radius 3 is 1.95 bits per heavy atom. The molecule has 1 aromatic carbocycles. The number of anilines is 2. The molecule has 0 aromatic heterocycles. The van der Waals surface area contributed by atoms with Crippen LogP contribution in [0.15, 0.2) is 12.1 Å². The molecule has 7 heteroatoms. The van der Waals surface area contributed by atoms with Crippen LogP contribution in [0.3, 0.4) is 0 Å². The Bertz CT molecular complexity index is 548. The van der Waals surface area contributed by atoms with Gasteiger partial charge in [-0.3, -0.25) is 4.79 Å². The molecule has 0 spiro atoms. The lowest BCUT2D eigenvalue weighted by molar-refractivity contribution is -0.186. The number of amides is 1. The fraction of sp³-hybridized carbons (Fsp3) is 0.462. The van der Waals surface area contributed by atoms with Crippen molar-refractivity contribution in [3.05, 3.63) is 23.3 Å². The van der Waals surface area contributed by atoms with Crippen LogP contribution < -0.4 is 11.5 Å². The van der Waals surface area contributed by atoms with Gasteiger partial charge >= 0.3 is 12.1 Å². The smallest absolute Gasteiger partial charge is 0.397 e. The van der Waals surface area contributed by atoms with Gasteiger partial charge < -0.3 is 16.4 Å². The van der Waals surface area contributed by atoms with Gasteiger partial charge in [0.2, 0.25) is 0 Å². The number of carbonyl (C=O) groups is 1. The van der Waals surface area contributed by atoms with E-state index in [0.29, 0.717) is 11.4 Å². The molecule has 1 aliphatic carbocycles. The maximum atomic E-state index is 12.5. The summed E-state index contributed by atoms with van der Waals surface area (Å²) in [6.45, 7) is 0.177. The molecule has 4 nitrogen and oxygen atoms in total. The van der Waals surface area contributed by atoms with Crippen LogP contribution in [0.4, 0.5) is 24.5 Å². The van der Waals surface area contributed by atoms with Crippen LogP contribution in [0, 0.1) is 0 Å². The first kappa shape index (κ1) is 13.1. The van der Waals surface area contributed by atoms with E-state index in [1.165, 1.54) is 0 Å². The third-order valence-electron chi connectivity index (χ3n) is 4.15. The topological polar surface area (TPSA) is 72.3 Å². The van der Waals surface area contributed by atoms with Gasteiger partial charge in [-0.05, 0) is 29.7 Å². The summed E-state index contributed by atoms with van der Waals surface area (Å²) >= 11 is 0. The van der Waals surface area contributed by atoms with E-state index in [1.807, 2.05) is 0 Å². The van der Waals surface area contributed by atoms with Crippen molar-refractivity contribution in [2.75, 3.05) is 24.6 Å². The second-order valence-electron chi connectivity index (χ2n) is 5.45. The maximum absolute atomic E-state index is 12.5. The average molecular weight is 285 g/mol. The molecule has 1 amide bonds. The number of nitrogens with two attached hydrogens (primary N) is 2. The SMILES string of the molecule is Nc1cc2c(cc1N)[C@@H]1C[C@@H]2CN(C(=O)C(F)(F)F)C1. The van der Waals surface area contributed by atoms with Crippen LogP contribution in [0.25, 0.3) is 0 Å². The summed E-state index contributed by atoms with van der Waals surface area (Å²) in [6, 6.07) is 3.47. The number of hydrogen-bond donors (Lipinski definition) is 2. The number of benzene rings is 1. The lowest BCUT2D eigenvalue weighted by Gasteiger charge is -2.32. The molecule has 1 heterocycles. The standard InChI is InChI=1S/C13H14F3N3O/c14-13(15,16)12(20)19-4-6-1-7(5-19)9-3-11(18)10(17)2-8(6)9/h2-3,6-7H,1,4-5,17-18H2/t6-,7-/m1/s1. The van der Waals surface area contributed by atoms with Gasteiger partial charge in [-0.25, -0.2) is 0 Å². The van der Waals surface area contributed by atoms with Crippen molar-refractivity contribution < 1.29 is 18.0 Å². The van der Waals surface area contributed by atoms with Crippen molar-refractivity contribution in [3.8, 4) is 0 Å². The Kier molecular flexibility index (Phi) is 2.64. The van der Waals surface area contributed by atoms with E-state index >= 15 is 0 Å². The molecule has 1 fully saturated rings. The first-order valence-electron chi connectivity index (χ1n) is 6.32. The zero-order chi connectivity index (χ0) is 14.7. The quantitative estimate of drug-likeness (QED) is 0.714. The third kappa shape index (κ3) is 1.88. The predicted molar refractivity (Wildman–Crippen MR) is 68.0 cm³/mol. The molecular formula is C13H14F3N3O. The maximum Gasteiger partial charge on any atom is 0.471 e. The van der Waals surface area contributed by atoms with Gasteiger partial charge in [0.1, 0.15) is 0 Å². The highest BCUT2D eigenvalue weighted by Gasteiger charge is 2.47. The monoisotopic (exact) mass is 285 g/mol. The Morgan fingerprint density at radius 1 is 1.10 bits per heavy atom. The normalized spacial score (nSPS) is 24.6. The summed E-state index contributed by atoms with van der Waals surface area (Å²) in [4.78, 5) is 12.3. The molecule has 1 aliphatic heterocycles. The lowest BCUT2D eigenvalue weighted by Crippen LogP contribution is -2.46. The first-order valence-corrected chi connectivity index (χ1v) is 6.32. The fourth-order valence-corrected chi connectivity index (χ4v) is 3.27. The second-order valence-corrected chi connectivity index (χ2v) is 5.45. The zero-order valence-electron chi connectivity index (χ0n) is 10.6. The number of likely N-dealkylation sites (tertiary alicyclic amines) is 1. The molecule has 2 bridgehead atoms. The summed E-state index contributed by atoms with van der Waals surface area (Å²) in [5, 5.41) is 0. The van der Waals surface area contributed by atoms with E-state index in [0.717, 1.165) is 22.4 Å². The lowest BCUT2D eigenvalue weighted by atomic mass is 9.95. The molecule has 1 aromatic rings. The van der Waals surface area contributed by atoms with Crippen LogP contribution in [0.1, 0.15) is 29.4 Å². The summed E-state index contributed by atoms with van der Waals surface area (Å²) in [5.74, 6) is -1.93. The molecule has 0 saturated carbocycles. The van der Waals surface area contributed by atoms with E-state index < -0.39 is 12.1 Å². The van der Waals surface area contributed by atoms with Crippen molar-refractivity contribution >= 4 is 17.3 Å². The van der Waals surface area contributed by atoms with Gasteiger partial charge in [-0.1, -0.05) is 0 Å². The number of halogens is 3. The second kappa shape index (κ2) is 4.04. The molecular weight excluding hydrogens is 271 g/mol. The van der Waals surface area contributed by atoms with Crippen LogP contribution in [-0.2, 0) is 4.79 Å². The highest BCUT2D eigenvalue weighted by molar-refractivity contribution is 5.82. The predicted octanol–water partition coefficient (Wildman–Crippen LogP) is 1.83.